The van der Waals surface area contributed by atoms with Crippen LogP contribution in [-0.4, -0.2) is 25.1 Å². The van der Waals surface area contributed by atoms with Crippen LogP contribution in [0.3, 0.4) is 0 Å². The normalized spacial score (nSPS) is 17.9. The van der Waals surface area contributed by atoms with Gasteiger partial charge in [0, 0.05) is 5.56 Å². The Morgan fingerprint density at radius 2 is 2.35 bits per heavy atom. The van der Waals surface area contributed by atoms with Crippen LogP contribution in [0.4, 0.5) is 0 Å². The Labute approximate surface area is 99.5 Å². The van der Waals surface area contributed by atoms with E-state index in [-0.39, 0.29) is 12.5 Å². The van der Waals surface area contributed by atoms with Crippen molar-refractivity contribution in [3.63, 3.8) is 0 Å². The lowest BCUT2D eigenvalue weighted by atomic mass is 9.99. The quantitative estimate of drug-likeness (QED) is 0.633. The molecular weight excluding hydrogens is 220 g/mol. The number of carbonyl (C=O) groups is 1. The number of rotatable bonds is 4. The van der Waals surface area contributed by atoms with Gasteiger partial charge in [-0.1, -0.05) is 6.08 Å². The van der Waals surface area contributed by atoms with Crippen molar-refractivity contribution in [2.75, 3.05) is 13.7 Å². The Morgan fingerprint density at radius 1 is 1.53 bits per heavy atom. The van der Waals surface area contributed by atoms with Crippen LogP contribution in [0, 0.1) is 6.61 Å². The lowest BCUT2D eigenvalue weighted by Gasteiger charge is -2.09. The summed E-state index contributed by atoms with van der Waals surface area (Å²) in [6.45, 7) is 1.57. The van der Waals surface area contributed by atoms with Crippen molar-refractivity contribution in [3.05, 3.63) is 35.9 Å². The first-order valence-corrected chi connectivity index (χ1v) is 5.24. The summed E-state index contributed by atoms with van der Waals surface area (Å²) in [5.74, 6) is 1.08. The van der Waals surface area contributed by atoms with E-state index in [2.05, 4.69) is 0 Å². The van der Waals surface area contributed by atoms with E-state index in [0.29, 0.717) is 17.8 Å². The lowest BCUT2D eigenvalue weighted by Crippen LogP contribution is -1.99. The first kappa shape index (κ1) is 11.7. The molecule has 4 nitrogen and oxygen atoms in total. The second-order valence-corrected chi connectivity index (χ2v) is 3.68. The van der Waals surface area contributed by atoms with Gasteiger partial charge in [0.2, 0.25) is 0 Å². The molecule has 1 aromatic carbocycles. The molecule has 0 saturated carbocycles. The third-order valence-corrected chi connectivity index (χ3v) is 2.64. The number of aldehydes is 1. The second kappa shape index (κ2) is 5.01. The molecular formula is C13H13O4. The van der Waals surface area contributed by atoms with Crippen LogP contribution in [0.5, 0.6) is 11.5 Å². The predicted molar refractivity (Wildman–Crippen MR) is 62.8 cm³/mol. The lowest BCUT2D eigenvalue weighted by molar-refractivity contribution is -0.104. The molecule has 0 bridgehead atoms. The average Bonchev–Trinajstić information content (AvgIpc) is 2.78. The summed E-state index contributed by atoms with van der Waals surface area (Å²) < 4.78 is 10.6. The number of methoxy groups -OCH3 is 1. The maximum Gasteiger partial charge on any atom is 0.165 e. The Kier molecular flexibility index (Phi) is 3.44. The summed E-state index contributed by atoms with van der Waals surface area (Å²) in [5, 5.41) is 9.22. The van der Waals surface area contributed by atoms with Crippen LogP contribution in [0.1, 0.15) is 17.0 Å². The minimum absolute atomic E-state index is 0.0169. The second-order valence-electron chi connectivity index (χ2n) is 3.68. The molecule has 1 radical (unpaired) electrons. The van der Waals surface area contributed by atoms with E-state index >= 15 is 0 Å². The van der Waals surface area contributed by atoms with Gasteiger partial charge in [-0.15, -0.1) is 0 Å². The molecule has 0 aromatic heterocycles. The van der Waals surface area contributed by atoms with Gasteiger partial charge >= 0.3 is 0 Å². The molecule has 4 heteroatoms. The maximum absolute atomic E-state index is 10.3. The third kappa shape index (κ3) is 2.17. The fourth-order valence-electron chi connectivity index (χ4n) is 1.81. The topological polar surface area (TPSA) is 55.8 Å². The fraction of sp³-hybridized carbons (Fsp3) is 0.231. The van der Waals surface area contributed by atoms with Gasteiger partial charge in [0.1, 0.15) is 12.9 Å². The molecule has 1 aliphatic rings. The SMILES string of the molecule is COc1cc(C=CC=O)cc2c1O[CH]C2CO. The van der Waals surface area contributed by atoms with Crippen molar-refractivity contribution in [2.45, 2.75) is 5.92 Å². The molecule has 0 saturated heterocycles. The number of aliphatic hydroxyl groups excluding tert-OH is 1. The van der Waals surface area contributed by atoms with Crippen LogP contribution in [0.25, 0.3) is 6.08 Å². The zero-order chi connectivity index (χ0) is 12.3. The molecule has 0 fully saturated rings. The van der Waals surface area contributed by atoms with Gasteiger partial charge in [0.25, 0.3) is 0 Å². The minimum Gasteiger partial charge on any atom is -0.493 e. The van der Waals surface area contributed by atoms with Gasteiger partial charge in [0.05, 0.1) is 19.6 Å². The minimum atomic E-state index is -0.150. The Morgan fingerprint density at radius 3 is 3.00 bits per heavy atom. The summed E-state index contributed by atoms with van der Waals surface area (Å²) in [7, 11) is 1.55. The highest BCUT2D eigenvalue weighted by Crippen LogP contribution is 2.43. The van der Waals surface area contributed by atoms with E-state index in [4.69, 9.17) is 9.47 Å². The van der Waals surface area contributed by atoms with Gasteiger partial charge in [-0.2, -0.15) is 0 Å². The van der Waals surface area contributed by atoms with Gasteiger partial charge in [-0.3, -0.25) is 4.79 Å². The fourth-order valence-corrected chi connectivity index (χ4v) is 1.81. The molecule has 1 heterocycles. The number of hydrogen-bond donors (Lipinski definition) is 1. The zero-order valence-electron chi connectivity index (χ0n) is 9.42. The van der Waals surface area contributed by atoms with Gasteiger partial charge in [-0.05, 0) is 23.8 Å². The van der Waals surface area contributed by atoms with Crippen molar-refractivity contribution in [1.82, 2.24) is 0 Å². The first-order valence-electron chi connectivity index (χ1n) is 5.24. The standard InChI is InChI=1S/C13H13O4/c1-16-12-6-9(3-2-4-14)5-11-10(7-15)8-17-13(11)12/h2-6,8,10,15H,7H2,1H3. The molecule has 0 spiro atoms. The number of carbonyl (C=O) groups excluding carboxylic acids is 1. The molecule has 1 atom stereocenters. The molecule has 0 amide bonds. The number of hydrogen-bond acceptors (Lipinski definition) is 4. The first-order chi connectivity index (χ1) is 8.30. The smallest absolute Gasteiger partial charge is 0.165 e. The number of benzene rings is 1. The van der Waals surface area contributed by atoms with Crippen molar-refractivity contribution < 1.29 is 19.4 Å². The van der Waals surface area contributed by atoms with Gasteiger partial charge in [-0.25, -0.2) is 0 Å². The molecule has 17 heavy (non-hydrogen) atoms. The molecule has 2 rings (SSSR count). The average molecular weight is 233 g/mol. The van der Waals surface area contributed by atoms with Crippen molar-refractivity contribution in [2.24, 2.45) is 0 Å². The molecule has 1 N–H and O–H groups in total. The number of allylic oxidation sites excluding steroid dienone is 1. The monoisotopic (exact) mass is 233 g/mol. The van der Waals surface area contributed by atoms with E-state index in [0.717, 1.165) is 11.1 Å². The van der Waals surface area contributed by atoms with Crippen molar-refractivity contribution in [3.8, 4) is 11.5 Å². The van der Waals surface area contributed by atoms with E-state index in [9.17, 15) is 9.90 Å². The van der Waals surface area contributed by atoms with Crippen LogP contribution in [-0.2, 0) is 4.79 Å². The summed E-state index contributed by atoms with van der Waals surface area (Å²) in [6, 6.07) is 3.66. The number of fused-ring (bicyclic) bond motifs is 1. The van der Waals surface area contributed by atoms with Crippen LogP contribution in [0.2, 0.25) is 0 Å². The van der Waals surface area contributed by atoms with E-state index in [1.807, 2.05) is 6.07 Å². The molecule has 1 aromatic rings. The molecule has 89 valence electrons. The van der Waals surface area contributed by atoms with Crippen LogP contribution >= 0.6 is 0 Å². The van der Waals surface area contributed by atoms with E-state index < -0.39 is 0 Å². The van der Waals surface area contributed by atoms with Gasteiger partial charge in [0.15, 0.2) is 11.5 Å². The summed E-state index contributed by atoms with van der Waals surface area (Å²) in [5.41, 5.74) is 1.71. The van der Waals surface area contributed by atoms with Gasteiger partial charge < -0.3 is 14.6 Å². The van der Waals surface area contributed by atoms with E-state index in [1.54, 1.807) is 25.9 Å². The molecule has 1 aliphatic heterocycles. The summed E-state index contributed by atoms with van der Waals surface area (Å²) in [6.07, 6.45) is 3.81. The van der Waals surface area contributed by atoms with Crippen LogP contribution in [0.15, 0.2) is 18.2 Å². The van der Waals surface area contributed by atoms with Crippen LogP contribution < -0.4 is 9.47 Å². The highest BCUT2D eigenvalue weighted by molar-refractivity contribution is 5.75. The Balaban J connectivity index is 2.46. The molecule has 0 aliphatic carbocycles. The van der Waals surface area contributed by atoms with Crippen molar-refractivity contribution >= 4 is 12.4 Å². The largest absolute Gasteiger partial charge is 0.493 e. The summed E-state index contributed by atoms with van der Waals surface area (Å²) >= 11 is 0. The third-order valence-electron chi connectivity index (χ3n) is 2.64. The highest BCUT2D eigenvalue weighted by Gasteiger charge is 2.27. The zero-order valence-corrected chi connectivity index (χ0v) is 9.42. The maximum atomic E-state index is 10.3. The highest BCUT2D eigenvalue weighted by atomic mass is 16.5. The van der Waals surface area contributed by atoms with E-state index in [1.165, 1.54) is 6.08 Å². The molecule has 1 unspecified atom stereocenters. The predicted octanol–water partition coefficient (Wildman–Crippen LogP) is 1.54. The summed E-state index contributed by atoms with van der Waals surface area (Å²) in [4.78, 5) is 10.3. The Bertz CT molecular complexity index is 451. The number of aliphatic hydroxyl groups is 1. The number of ether oxygens (including phenoxy) is 2. The van der Waals surface area contributed by atoms with Crippen molar-refractivity contribution in [1.29, 1.82) is 0 Å². The Hall–Kier alpha value is -1.81.